The summed E-state index contributed by atoms with van der Waals surface area (Å²) >= 11 is 0. The molecule has 0 bridgehead atoms. The molecule has 0 unspecified atom stereocenters. The topological polar surface area (TPSA) is 50.4 Å². The molecular formula is C22H21FN2O2. The largest absolute Gasteiger partial charge is 0.457 e. The van der Waals surface area contributed by atoms with Gasteiger partial charge in [-0.25, -0.2) is 4.39 Å². The molecule has 4 nitrogen and oxygen atoms in total. The molecule has 27 heavy (non-hydrogen) atoms. The Balaban J connectivity index is 1.40. The Labute approximate surface area is 158 Å². The van der Waals surface area contributed by atoms with E-state index in [1.54, 1.807) is 12.1 Å². The van der Waals surface area contributed by atoms with Crippen LogP contribution in [0.5, 0.6) is 11.5 Å². The average molecular weight is 364 g/mol. The molecule has 0 saturated heterocycles. The number of anilines is 1. The predicted molar refractivity (Wildman–Crippen MR) is 104 cm³/mol. The third-order valence-electron chi connectivity index (χ3n) is 3.92. The number of rotatable bonds is 8. The van der Waals surface area contributed by atoms with E-state index >= 15 is 0 Å². The van der Waals surface area contributed by atoms with E-state index in [4.69, 9.17) is 4.74 Å². The number of amides is 1. The summed E-state index contributed by atoms with van der Waals surface area (Å²) in [4.78, 5) is 11.9. The molecule has 5 heteroatoms. The molecule has 0 atom stereocenters. The van der Waals surface area contributed by atoms with Gasteiger partial charge in [0.2, 0.25) is 5.91 Å². The standard InChI is InChI=1S/C22H21FN2O2/c23-18-8-12-21(13-9-18)27-20-10-6-17(7-11-20)16-25-22(26)14-15-24-19-4-2-1-3-5-19/h1-13,24H,14-16H2,(H,25,26). The van der Waals surface area contributed by atoms with Crippen molar-refractivity contribution in [2.24, 2.45) is 0 Å². The zero-order chi connectivity index (χ0) is 18.9. The Bertz CT molecular complexity index is 850. The van der Waals surface area contributed by atoms with Gasteiger partial charge >= 0.3 is 0 Å². The van der Waals surface area contributed by atoms with Gasteiger partial charge in [0, 0.05) is 25.2 Å². The minimum absolute atomic E-state index is 0.00919. The van der Waals surface area contributed by atoms with Crippen LogP contribution in [0.1, 0.15) is 12.0 Å². The van der Waals surface area contributed by atoms with E-state index in [2.05, 4.69) is 10.6 Å². The summed E-state index contributed by atoms with van der Waals surface area (Å²) < 4.78 is 18.5. The first-order chi connectivity index (χ1) is 13.2. The molecule has 0 heterocycles. The highest BCUT2D eigenvalue weighted by molar-refractivity contribution is 5.76. The lowest BCUT2D eigenvalue weighted by Crippen LogP contribution is -2.24. The zero-order valence-corrected chi connectivity index (χ0v) is 14.8. The first-order valence-corrected chi connectivity index (χ1v) is 8.77. The third-order valence-corrected chi connectivity index (χ3v) is 3.92. The fraction of sp³-hybridized carbons (Fsp3) is 0.136. The van der Waals surface area contributed by atoms with Gasteiger partial charge in [0.15, 0.2) is 0 Å². The monoisotopic (exact) mass is 364 g/mol. The van der Waals surface area contributed by atoms with Crippen LogP contribution in [0.15, 0.2) is 78.9 Å². The van der Waals surface area contributed by atoms with Crippen LogP contribution in [0, 0.1) is 5.82 Å². The van der Waals surface area contributed by atoms with Gasteiger partial charge in [-0.3, -0.25) is 4.79 Å². The Morgan fingerprint density at radius 3 is 2.15 bits per heavy atom. The molecule has 0 aromatic heterocycles. The molecule has 3 rings (SSSR count). The molecule has 3 aromatic rings. The van der Waals surface area contributed by atoms with Crippen molar-refractivity contribution in [1.82, 2.24) is 5.32 Å². The molecule has 0 fully saturated rings. The number of hydrogen-bond acceptors (Lipinski definition) is 3. The van der Waals surface area contributed by atoms with E-state index in [1.807, 2.05) is 54.6 Å². The minimum atomic E-state index is -0.299. The lowest BCUT2D eigenvalue weighted by Gasteiger charge is -2.09. The van der Waals surface area contributed by atoms with Crippen molar-refractivity contribution in [3.63, 3.8) is 0 Å². The molecule has 0 aliphatic heterocycles. The average Bonchev–Trinajstić information content (AvgIpc) is 2.70. The highest BCUT2D eigenvalue weighted by Crippen LogP contribution is 2.21. The van der Waals surface area contributed by atoms with Crippen molar-refractivity contribution in [1.29, 1.82) is 0 Å². The van der Waals surface area contributed by atoms with E-state index in [9.17, 15) is 9.18 Å². The summed E-state index contributed by atoms with van der Waals surface area (Å²) in [5, 5.41) is 6.11. The van der Waals surface area contributed by atoms with Gasteiger partial charge in [-0.2, -0.15) is 0 Å². The lowest BCUT2D eigenvalue weighted by atomic mass is 10.2. The molecule has 2 N–H and O–H groups in total. The second-order valence-corrected chi connectivity index (χ2v) is 6.02. The van der Waals surface area contributed by atoms with E-state index in [1.165, 1.54) is 12.1 Å². The fourth-order valence-electron chi connectivity index (χ4n) is 2.48. The number of benzene rings is 3. The SMILES string of the molecule is O=C(CCNc1ccccc1)NCc1ccc(Oc2ccc(F)cc2)cc1. The van der Waals surface area contributed by atoms with Gasteiger partial charge in [-0.05, 0) is 54.1 Å². The smallest absolute Gasteiger partial charge is 0.222 e. The molecular weight excluding hydrogens is 343 g/mol. The van der Waals surface area contributed by atoms with Gasteiger partial charge in [0.25, 0.3) is 0 Å². The van der Waals surface area contributed by atoms with Crippen molar-refractivity contribution in [2.45, 2.75) is 13.0 Å². The molecule has 0 saturated carbocycles. The fourth-order valence-corrected chi connectivity index (χ4v) is 2.48. The van der Waals surface area contributed by atoms with Crippen LogP contribution < -0.4 is 15.4 Å². The van der Waals surface area contributed by atoms with Crippen LogP contribution in [0.3, 0.4) is 0 Å². The van der Waals surface area contributed by atoms with Crippen LogP contribution in [-0.4, -0.2) is 12.5 Å². The van der Waals surface area contributed by atoms with Crippen molar-refractivity contribution in [2.75, 3.05) is 11.9 Å². The van der Waals surface area contributed by atoms with Gasteiger partial charge in [0.05, 0.1) is 0 Å². The van der Waals surface area contributed by atoms with E-state index in [0.717, 1.165) is 11.3 Å². The van der Waals surface area contributed by atoms with Crippen LogP contribution in [0.2, 0.25) is 0 Å². The summed E-state index contributed by atoms with van der Waals surface area (Å²) in [5.74, 6) is 0.921. The molecule has 138 valence electrons. The van der Waals surface area contributed by atoms with Crippen LogP contribution in [-0.2, 0) is 11.3 Å². The first-order valence-electron chi connectivity index (χ1n) is 8.77. The second-order valence-electron chi connectivity index (χ2n) is 6.02. The maximum absolute atomic E-state index is 12.9. The number of nitrogens with one attached hydrogen (secondary N) is 2. The van der Waals surface area contributed by atoms with Crippen molar-refractivity contribution >= 4 is 11.6 Å². The summed E-state index contributed by atoms with van der Waals surface area (Å²) in [7, 11) is 0. The van der Waals surface area contributed by atoms with Crippen LogP contribution in [0.4, 0.5) is 10.1 Å². The number of halogens is 1. The van der Waals surface area contributed by atoms with Gasteiger partial charge in [0.1, 0.15) is 17.3 Å². The Kier molecular flexibility index (Phi) is 6.41. The quantitative estimate of drug-likeness (QED) is 0.607. The Morgan fingerprint density at radius 2 is 1.48 bits per heavy atom. The number of carbonyl (C=O) groups is 1. The zero-order valence-electron chi connectivity index (χ0n) is 14.8. The second kappa shape index (κ2) is 9.38. The van der Waals surface area contributed by atoms with Crippen LogP contribution >= 0.6 is 0 Å². The van der Waals surface area contributed by atoms with E-state index in [0.29, 0.717) is 31.0 Å². The number of para-hydroxylation sites is 1. The number of ether oxygens (including phenoxy) is 1. The normalized spacial score (nSPS) is 10.3. The van der Waals surface area contributed by atoms with Gasteiger partial charge < -0.3 is 15.4 Å². The van der Waals surface area contributed by atoms with Crippen molar-refractivity contribution in [3.05, 3.63) is 90.2 Å². The summed E-state index contributed by atoms with van der Waals surface area (Å²) in [6, 6.07) is 23.1. The van der Waals surface area contributed by atoms with E-state index in [-0.39, 0.29) is 11.7 Å². The third kappa shape index (κ3) is 6.15. The number of hydrogen-bond donors (Lipinski definition) is 2. The summed E-state index contributed by atoms with van der Waals surface area (Å²) in [6.07, 6.45) is 0.403. The Hall–Kier alpha value is -3.34. The van der Waals surface area contributed by atoms with E-state index < -0.39 is 0 Å². The lowest BCUT2D eigenvalue weighted by molar-refractivity contribution is -0.121. The Morgan fingerprint density at radius 1 is 0.852 bits per heavy atom. The van der Waals surface area contributed by atoms with Crippen molar-refractivity contribution < 1.29 is 13.9 Å². The summed E-state index contributed by atoms with van der Waals surface area (Å²) in [5.41, 5.74) is 1.98. The molecule has 0 aliphatic rings. The maximum atomic E-state index is 12.9. The van der Waals surface area contributed by atoms with Crippen molar-refractivity contribution in [3.8, 4) is 11.5 Å². The highest BCUT2D eigenvalue weighted by Gasteiger charge is 2.03. The molecule has 0 spiro atoms. The van der Waals surface area contributed by atoms with Gasteiger partial charge in [-0.1, -0.05) is 30.3 Å². The maximum Gasteiger partial charge on any atom is 0.222 e. The first kappa shape index (κ1) is 18.5. The minimum Gasteiger partial charge on any atom is -0.457 e. The van der Waals surface area contributed by atoms with Gasteiger partial charge in [-0.15, -0.1) is 0 Å². The molecule has 1 amide bonds. The summed E-state index contributed by atoms with van der Waals surface area (Å²) in [6.45, 7) is 1.04. The molecule has 3 aromatic carbocycles. The molecule has 0 radical (unpaired) electrons. The van der Waals surface area contributed by atoms with Crippen LogP contribution in [0.25, 0.3) is 0 Å². The number of carbonyl (C=O) groups excluding carboxylic acids is 1. The molecule has 0 aliphatic carbocycles. The predicted octanol–water partition coefficient (Wildman–Crippen LogP) is 4.74. The highest BCUT2D eigenvalue weighted by atomic mass is 19.1.